The second-order valence-corrected chi connectivity index (χ2v) is 6.03. The topological polar surface area (TPSA) is 0 Å². The molecule has 84 valence electrons. The Balaban J connectivity index is 2.54. The fraction of sp³-hybridized carbons (Fsp3) is 0.538. The molecule has 0 spiro atoms. The summed E-state index contributed by atoms with van der Waals surface area (Å²) in [5.74, 6) is 2.12. The average molecular weight is 337 g/mol. The highest BCUT2D eigenvalue weighted by atomic mass is 127. The quantitative estimate of drug-likeness (QED) is 0.538. The molecule has 0 heterocycles. The summed E-state index contributed by atoms with van der Waals surface area (Å²) in [6.45, 7) is 4.51. The maximum atomic E-state index is 5.99. The van der Waals surface area contributed by atoms with Crippen molar-refractivity contribution < 1.29 is 0 Å². The monoisotopic (exact) mass is 336 g/mol. The fourth-order valence-electron chi connectivity index (χ4n) is 1.82. The van der Waals surface area contributed by atoms with Gasteiger partial charge in [-0.25, -0.2) is 0 Å². The van der Waals surface area contributed by atoms with E-state index in [2.05, 4.69) is 60.7 Å². The third-order valence-corrected chi connectivity index (χ3v) is 3.62. The summed E-state index contributed by atoms with van der Waals surface area (Å²) in [5, 5.41) is 0. The van der Waals surface area contributed by atoms with Gasteiger partial charge in [0.1, 0.15) is 0 Å². The van der Waals surface area contributed by atoms with Crippen LogP contribution in [0.5, 0.6) is 0 Å². The number of hydrogen-bond acceptors (Lipinski definition) is 0. The van der Waals surface area contributed by atoms with E-state index < -0.39 is 0 Å². The molecule has 1 aromatic carbocycles. The second kappa shape index (κ2) is 6.74. The van der Waals surface area contributed by atoms with Crippen molar-refractivity contribution >= 4 is 34.2 Å². The van der Waals surface area contributed by atoms with E-state index in [4.69, 9.17) is 11.6 Å². The normalized spacial score (nSPS) is 13.1. The van der Waals surface area contributed by atoms with Gasteiger partial charge in [0.2, 0.25) is 0 Å². The van der Waals surface area contributed by atoms with Crippen LogP contribution in [0.3, 0.4) is 0 Å². The number of alkyl halides is 1. The maximum absolute atomic E-state index is 5.99. The molecule has 1 unspecified atom stereocenters. The summed E-state index contributed by atoms with van der Waals surface area (Å²) in [7, 11) is 0. The zero-order chi connectivity index (χ0) is 11.3. The van der Waals surface area contributed by atoms with E-state index in [-0.39, 0.29) is 0 Å². The molecular weight excluding hydrogens is 318 g/mol. The highest BCUT2D eigenvalue weighted by Gasteiger charge is 2.10. The molecule has 0 aliphatic carbocycles. The van der Waals surface area contributed by atoms with E-state index in [0.717, 1.165) is 18.2 Å². The molecule has 0 fully saturated rings. The molecule has 0 saturated heterocycles. The van der Waals surface area contributed by atoms with Crippen LogP contribution in [0, 0.1) is 15.4 Å². The third-order valence-electron chi connectivity index (χ3n) is 2.46. The molecule has 0 aliphatic rings. The van der Waals surface area contributed by atoms with Crippen molar-refractivity contribution in [2.45, 2.75) is 26.7 Å². The van der Waals surface area contributed by atoms with Crippen LogP contribution in [0.2, 0.25) is 0 Å². The molecule has 0 aliphatic heterocycles. The van der Waals surface area contributed by atoms with Crippen molar-refractivity contribution in [1.29, 1.82) is 0 Å². The van der Waals surface area contributed by atoms with Gasteiger partial charge in [-0.3, -0.25) is 0 Å². The van der Waals surface area contributed by atoms with Gasteiger partial charge in [-0.1, -0.05) is 26.0 Å². The van der Waals surface area contributed by atoms with Crippen molar-refractivity contribution in [3.8, 4) is 0 Å². The van der Waals surface area contributed by atoms with Crippen LogP contribution < -0.4 is 0 Å². The Bertz CT molecular complexity index is 279. The van der Waals surface area contributed by atoms with Crippen LogP contribution in [-0.2, 0) is 6.42 Å². The van der Waals surface area contributed by atoms with Gasteiger partial charge in [-0.05, 0) is 65.0 Å². The smallest absolute Gasteiger partial charge is 0.0255 e. The standard InChI is InChI=1S/C13H18ClI/c1-10(2)7-12(9-14)8-11-3-5-13(15)6-4-11/h3-6,10,12H,7-9H2,1-2H3. The zero-order valence-corrected chi connectivity index (χ0v) is 12.3. The molecular formula is C13H18ClI. The summed E-state index contributed by atoms with van der Waals surface area (Å²) >= 11 is 8.32. The van der Waals surface area contributed by atoms with Crippen molar-refractivity contribution in [1.82, 2.24) is 0 Å². The Morgan fingerprint density at radius 3 is 2.27 bits per heavy atom. The van der Waals surface area contributed by atoms with Crippen molar-refractivity contribution in [3.05, 3.63) is 33.4 Å². The number of rotatable bonds is 5. The Kier molecular flexibility index (Phi) is 5.98. The van der Waals surface area contributed by atoms with E-state index >= 15 is 0 Å². The van der Waals surface area contributed by atoms with Crippen LogP contribution in [0.15, 0.2) is 24.3 Å². The van der Waals surface area contributed by atoms with Crippen molar-refractivity contribution in [2.75, 3.05) is 5.88 Å². The molecule has 15 heavy (non-hydrogen) atoms. The number of halogens is 2. The van der Waals surface area contributed by atoms with Crippen LogP contribution in [0.4, 0.5) is 0 Å². The van der Waals surface area contributed by atoms with Gasteiger partial charge >= 0.3 is 0 Å². The molecule has 0 bridgehead atoms. The fourth-order valence-corrected chi connectivity index (χ4v) is 2.42. The SMILES string of the molecule is CC(C)CC(CCl)Cc1ccc(I)cc1. The Morgan fingerprint density at radius 2 is 1.80 bits per heavy atom. The molecule has 0 radical (unpaired) electrons. The lowest BCUT2D eigenvalue weighted by Crippen LogP contribution is -2.09. The lowest BCUT2D eigenvalue weighted by atomic mass is 9.92. The van der Waals surface area contributed by atoms with Gasteiger partial charge < -0.3 is 0 Å². The minimum absolute atomic E-state index is 0.617. The summed E-state index contributed by atoms with van der Waals surface area (Å²) in [6.07, 6.45) is 2.33. The minimum atomic E-state index is 0.617. The largest absolute Gasteiger partial charge is 0.126 e. The van der Waals surface area contributed by atoms with Crippen LogP contribution in [0.25, 0.3) is 0 Å². The first-order valence-corrected chi connectivity index (χ1v) is 7.03. The van der Waals surface area contributed by atoms with E-state index in [1.54, 1.807) is 0 Å². The van der Waals surface area contributed by atoms with E-state index in [9.17, 15) is 0 Å². The predicted octanol–water partition coefficient (Wildman–Crippen LogP) is 4.73. The van der Waals surface area contributed by atoms with Crippen LogP contribution in [-0.4, -0.2) is 5.88 Å². The lowest BCUT2D eigenvalue weighted by molar-refractivity contribution is 0.441. The van der Waals surface area contributed by atoms with Crippen LogP contribution in [0.1, 0.15) is 25.8 Å². The highest BCUT2D eigenvalue weighted by Crippen LogP contribution is 2.19. The van der Waals surface area contributed by atoms with Gasteiger partial charge in [-0.15, -0.1) is 11.6 Å². The molecule has 2 heteroatoms. The highest BCUT2D eigenvalue weighted by molar-refractivity contribution is 14.1. The van der Waals surface area contributed by atoms with E-state index in [0.29, 0.717) is 5.92 Å². The summed E-state index contributed by atoms with van der Waals surface area (Å²) in [6, 6.07) is 8.75. The zero-order valence-electron chi connectivity index (χ0n) is 9.34. The Hall–Kier alpha value is 0.240. The van der Waals surface area contributed by atoms with Gasteiger partial charge in [0.15, 0.2) is 0 Å². The third kappa shape index (κ3) is 5.21. The molecule has 0 saturated carbocycles. The first kappa shape index (κ1) is 13.3. The first-order valence-electron chi connectivity index (χ1n) is 5.42. The van der Waals surface area contributed by atoms with Gasteiger partial charge in [-0.2, -0.15) is 0 Å². The Labute approximate surface area is 112 Å². The summed E-state index contributed by atoms with van der Waals surface area (Å²) in [5.41, 5.74) is 1.40. The van der Waals surface area contributed by atoms with E-state index in [1.807, 2.05) is 0 Å². The molecule has 1 atom stereocenters. The van der Waals surface area contributed by atoms with Gasteiger partial charge in [0.25, 0.3) is 0 Å². The van der Waals surface area contributed by atoms with Gasteiger partial charge in [0.05, 0.1) is 0 Å². The molecule has 0 amide bonds. The van der Waals surface area contributed by atoms with Crippen molar-refractivity contribution in [2.24, 2.45) is 11.8 Å². The van der Waals surface area contributed by atoms with Crippen molar-refractivity contribution in [3.63, 3.8) is 0 Å². The summed E-state index contributed by atoms with van der Waals surface area (Å²) in [4.78, 5) is 0. The van der Waals surface area contributed by atoms with E-state index in [1.165, 1.54) is 15.6 Å². The summed E-state index contributed by atoms with van der Waals surface area (Å²) < 4.78 is 1.29. The Morgan fingerprint density at radius 1 is 1.20 bits per heavy atom. The molecule has 1 rings (SSSR count). The number of hydrogen-bond donors (Lipinski definition) is 0. The van der Waals surface area contributed by atoms with Crippen LogP contribution >= 0.6 is 34.2 Å². The minimum Gasteiger partial charge on any atom is -0.126 e. The first-order chi connectivity index (χ1) is 7.11. The lowest BCUT2D eigenvalue weighted by Gasteiger charge is -2.16. The maximum Gasteiger partial charge on any atom is 0.0255 e. The second-order valence-electron chi connectivity index (χ2n) is 4.48. The molecule has 1 aromatic rings. The average Bonchev–Trinajstić information content (AvgIpc) is 2.19. The number of benzene rings is 1. The molecule has 0 aromatic heterocycles. The predicted molar refractivity (Wildman–Crippen MR) is 76.5 cm³/mol. The van der Waals surface area contributed by atoms with Gasteiger partial charge in [0, 0.05) is 9.45 Å². The molecule has 0 N–H and O–H groups in total. The molecule has 0 nitrogen and oxygen atoms in total.